The van der Waals surface area contributed by atoms with Gasteiger partial charge >= 0.3 is 0 Å². The van der Waals surface area contributed by atoms with Crippen molar-refractivity contribution >= 4 is 17.3 Å². The third-order valence-electron chi connectivity index (χ3n) is 7.77. The Balaban J connectivity index is 1.92. The van der Waals surface area contributed by atoms with Crippen molar-refractivity contribution in [3.05, 3.63) is 58.7 Å². The van der Waals surface area contributed by atoms with Gasteiger partial charge in [-0.1, -0.05) is 52.0 Å². The van der Waals surface area contributed by atoms with E-state index in [9.17, 15) is 0 Å². The van der Waals surface area contributed by atoms with Crippen LogP contribution in [0.3, 0.4) is 0 Å². The first kappa shape index (κ1) is 22.5. The van der Waals surface area contributed by atoms with Gasteiger partial charge in [-0.25, -0.2) is 0 Å². The second-order valence-electron chi connectivity index (χ2n) is 10.8. The number of rotatable bonds is 5. The third kappa shape index (κ3) is 3.46. The number of ether oxygens (including phenoxy) is 1. The van der Waals surface area contributed by atoms with Gasteiger partial charge in [0, 0.05) is 22.5 Å². The second kappa shape index (κ2) is 8.03. The van der Waals surface area contributed by atoms with Gasteiger partial charge in [-0.3, -0.25) is 0 Å². The minimum absolute atomic E-state index is 0.0235. The molecule has 0 saturated carbocycles. The Morgan fingerprint density at radius 2 is 1.71 bits per heavy atom. The molecule has 2 atom stereocenters. The van der Waals surface area contributed by atoms with Gasteiger partial charge in [0.15, 0.2) is 0 Å². The van der Waals surface area contributed by atoms with Gasteiger partial charge in [-0.15, -0.1) is 11.6 Å². The van der Waals surface area contributed by atoms with E-state index in [-0.39, 0.29) is 17.0 Å². The highest BCUT2D eigenvalue weighted by molar-refractivity contribution is 6.18. The number of methoxy groups -OCH3 is 1. The van der Waals surface area contributed by atoms with Crippen LogP contribution in [0.2, 0.25) is 0 Å². The van der Waals surface area contributed by atoms with Crippen molar-refractivity contribution in [1.29, 1.82) is 0 Å². The first-order chi connectivity index (χ1) is 14.7. The predicted octanol–water partition coefficient (Wildman–Crippen LogP) is 7.42. The smallest absolute Gasteiger partial charge is 0.119 e. The lowest BCUT2D eigenvalue weighted by Gasteiger charge is -2.42. The summed E-state index contributed by atoms with van der Waals surface area (Å²) in [4.78, 5) is 2.73. The Labute approximate surface area is 193 Å². The quantitative estimate of drug-likeness (QED) is 0.449. The van der Waals surface area contributed by atoms with Gasteiger partial charge in [0.25, 0.3) is 0 Å². The minimum Gasteiger partial charge on any atom is -0.497 e. The summed E-state index contributed by atoms with van der Waals surface area (Å²) in [5.41, 5.74) is 7.36. The van der Waals surface area contributed by atoms with Gasteiger partial charge < -0.3 is 9.64 Å². The number of hydrogen-bond acceptors (Lipinski definition) is 2. The van der Waals surface area contributed by atoms with Crippen molar-refractivity contribution in [2.45, 2.75) is 89.6 Å². The fraction of sp³-hybridized carbons (Fsp3) is 0.571. The maximum Gasteiger partial charge on any atom is 0.119 e. The van der Waals surface area contributed by atoms with Crippen LogP contribution in [0.4, 0.5) is 5.69 Å². The SMILES string of the molecule is COc1ccc2c(c1)CCC21CC(C)(C)N(c2c(C(C)C)cccc2C(C)C)C1CCl. The van der Waals surface area contributed by atoms with Crippen LogP contribution in [0, 0.1) is 0 Å². The Hall–Kier alpha value is -1.67. The van der Waals surface area contributed by atoms with E-state index in [2.05, 4.69) is 82.8 Å². The van der Waals surface area contributed by atoms with Gasteiger partial charge in [0.1, 0.15) is 5.75 Å². The minimum atomic E-state index is 0.0235. The average Bonchev–Trinajstić information content (AvgIpc) is 3.19. The zero-order valence-electron chi connectivity index (χ0n) is 20.3. The Morgan fingerprint density at radius 1 is 1.06 bits per heavy atom. The van der Waals surface area contributed by atoms with E-state index in [0.29, 0.717) is 17.7 Å². The fourth-order valence-electron chi connectivity index (χ4n) is 6.52. The summed E-state index contributed by atoms with van der Waals surface area (Å²) in [7, 11) is 1.75. The standard InChI is InChI=1S/C28H38ClNO/c1-18(2)22-9-8-10-23(19(3)4)26(22)30-25(16-29)28(17-27(30,5)6)14-13-20-15-21(31-7)11-12-24(20)28/h8-12,15,18-19,25H,13-14,16-17H2,1-7H3. The van der Waals surface area contributed by atoms with E-state index >= 15 is 0 Å². The Kier molecular flexibility index (Phi) is 5.83. The lowest BCUT2D eigenvalue weighted by molar-refractivity contribution is 0.383. The number of halogens is 1. The number of hydrogen-bond donors (Lipinski definition) is 0. The molecular weight excluding hydrogens is 402 g/mol. The fourth-order valence-corrected chi connectivity index (χ4v) is 6.95. The molecule has 1 spiro atoms. The Morgan fingerprint density at radius 3 is 2.26 bits per heavy atom. The van der Waals surface area contributed by atoms with E-state index in [1.54, 1.807) is 7.11 Å². The van der Waals surface area contributed by atoms with E-state index < -0.39 is 0 Å². The molecule has 4 rings (SSSR count). The zero-order chi connectivity index (χ0) is 22.6. The number of para-hydroxylation sites is 1. The molecule has 2 aromatic carbocycles. The van der Waals surface area contributed by atoms with Crippen LogP contribution in [-0.4, -0.2) is 24.6 Å². The number of nitrogens with zero attached hydrogens (tertiary/aromatic N) is 1. The Bertz CT molecular complexity index is 937. The number of benzene rings is 2. The molecule has 1 heterocycles. The molecule has 2 aliphatic rings. The molecular formula is C28H38ClNO. The van der Waals surface area contributed by atoms with Crippen molar-refractivity contribution in [1.82, 2.24) is 0 Å². The predicted molar refractivity (Wildman–Crippen MR) is 133 cm³/mol. The van der Waals surface area contributed by atoms with Gasteiger partial charge in [0.05, 0.1) is 13.2 Å². The highest BCUT2D eigenvalue weighted by Gasteiger charge is 2.58. The van der Waals surface area contributed by atoms with Crippen molar-refractivity contribution in [3.8, 4) is 5.75 Å². The molecule has 1 aliphatic heterocycles. The van der Waals surface area contributed by atoms with E-state index in [4.69, 9.17) is 16.3 Å². The number of aryl methyl sites for hydroxylation is 1. The molecule has 0 N–H and O–H groups in total. The summed E-state index contributed by atoms with van der Waals surface area (Å²) in [6, 6.07) is 13.9. The molecule has 168 valence electrons. The lowest BCUT2D eigenvalue weighted by Crippen LogP contribution is -2.48. The summed E-state index contributed by atoms with van der Waals surface area (Å²) >= 11 is 6.87. The summed E-state index contributed by atoms with van der Waals surface area (Å²) in [5, 5.41) is 0. The molecule has 1 fully saturated rings. The van der Waals surface area contributed by atoms with Gasteiger partial charge in [-0.2, -0.15) is 0 Å². The second-order valence-corrected chi connectivity index (χ2v) is 11.1. The normalized spacial score (nSPS) is 24.5. The molecule has 1 saturated heterocycles. The summed E-state index contributed by atoms with van der Waals surface area (Å²) in [5.74, 6) is 2.53. The van der Waals surface area contributed by atoms with Crippen LogP contribution in [0.1, 0.15) is 88.5 Å². The number of alkyl halides is 1. The highest BCUT2D eigenvalue weighted by atomic mass is 35.5. The van der Waals surface area contributed by atoms with Crippen LogP contribution in [0.15, 0.2) is 36.4 Å². The van der Waals surface area contributed by atoms with Crippen LogP contribution < -0.4 is 9.64 Å². The van der Waals surface area contributed by atoms with E-state index in [1.807, 2.05) is 0 Å². The van der Waals surface area contributed by atoms with E-state index in [1.165, 1.54) is 27.9 Å². The average molecular weight is 440 g/mol. The van der Waals surface area contributed by atoms with Crippen LogP contribution >= 0.6 is 11.6 Å². The van der Waals surface area contributed by atoms with Crippen molar-refractivity contribution in [2.75, 3.05) is 17.9 Å². The molecule has 0 aromatic heterocycles. The molecule has 0 radical (unpaired) electrons. The summed E-state index contributed by atoms with van der Waals surface area (Å²) in [6.07, 6.45) is 3.39. The van der Waals surface area contributed by atoms with Gasteiger partial charge in [-0.05, 0) is 79.3 Å². The molecule has 0 amide bonds. The van der Waals surface area contributed by atoms with Crippen LogP contribution in [0.25, 0.3) is 0 Å². The molecule has 2 aromatic rings. The van der Waals surface area contributed by atoms with Crippen molar-refractivity contribution in [3.63, 3.8) is 0 Å². The van der Waals surface area contributed by atoms with Gasteiger partial charge in [0.2, 0.25) is 0 Å². The number of fused-ring (bicyclic) bond motifs is 2. The first-order valence-electron chi connectivity index (χ1n) is 11.8. The maximum atomic E-state index is 6.87. The molecule has 2 nitrogen and oxygen atoms in total. The van der Waals surface area contributed by atoms with E-state index in [0.717, 1.165) is 25.0 Å². The third-order valence-corrected chi connectivity index (χ3v) is 8.06. The lowest BCUT2D eigenvalue weighted by atomic mass is 9.73. The molecule has 3 heteroatoms. The summed E-state index contributed by atoms with van der Waals surface area (Å²) in [6.45, 7) is 14.1. The first-order valence-corrected chi connectivity index (χ1v) is 12.3. The molecule has 31 heavy (non-hydrogen) atoms. The zero-order valence-corrected chi connectivity index (χ0v) is 21.0. The summed E-state index contributed by atoms with van der Waals surface area (Å²) < 4.78 is 5.52. The van der Waals surface area contributed by atoms with Crippen molar-refractivity contribution in [2.24, 2.45) is 0 Å². The van der Waals surface area contributed by atoms with Crippen molar-refractivity contribution < 1.29 is 4.74 Å². The molecule has 0 bridgehead atoms. The molecule has 2 unspecified atom stereocenters. The van der Waals surface area contributed by atoms with Crippen LogP contribution in [-0.2, 0) is 11.8 Å². The largest absolute Gasteiger partial charge is 0.497 e. The number of anilines is 1. The monoisotopic (exact) mass is 439 g/mol. The molecule has 1 aliphatic carbocycles. The maximum absolute atomic E-state index is 6.87. The highest BCUT2D eigenvalue weighted by Crippen LogP contribution is 2.58. The van der Waals surface area contributed by atoms with Crippen LogP contribution in [0.5, 0.6) is 5.75 Å². The topological polar surface area (TPSA) is 12.5 Å².